The van der Waals surface area contributed by atoms with E-state index >= 15 is 0 Å². The Hall–Kier alpha value is -7.42. The van der Waals surface area contributed by atoms with Gasteiger partial charge in [-0.25, -0.2) is 28.8 Å². The summed E-state index contributed by atoms with van der Waals surface area (Å²) in [6.45, 7) is 0. The van der Waals surface area contributed by atoms with Gasteiger partial charge >= 0.3 is 35.8 Å². The number of aromatic carboxylic acids is 2. The molecule has 6 aromatic carbocycles. The maximum atomic E-state index is 11.4. The smallest absolute Gasteiger partial charge is 0.377 e. The molecule has 0 aliphatic carbocycles. The zero-order valence-corrected chi connectivity index (χ0v) is 30.4. The number of hydrogen-bond donors (Lipinski definition) is 2. The summed E-state index contributed by atoms with van der Waals surface area (Å²) in [5.41, 5.74) is 1.82. The van der Waals surface area contributed by atoms with Crippen LogP contribution in [0.5, 0.6) is 0 Å². The van der Waals surface area contributed by atoms with E-state index in [1.54, 1.807) is 182 Å². The van der Waals surface area contributed by atoms with Crippen LogP contribution in [0.3, 0.4) is 0 Å². The van der Waals surface area contributed by atoms with Crippen LogP contribution in [0.1, 0.15) is 62.1 Å². The number of benzene rings is 6. The second-order valence-corrected chi connectivity index (χ2v) is 10.4. The summed E-state index contributed by atoms with van der Waals surface area (Å²) in [5.74, 6) is -4.75. The van der Waals surface area contributed by atoms with Crippen LogP contribution in [0, 0.1) is 0 Å². The van der Waals surface area contributed by atoms with Crippen molar-refractivity contribution < 1.29 is 85.7 Å². The Kier molecular flexibility index (Phi) is 21.2. The molecular formula is C42H32CuO14. The van der Waals surface area contributed by atoms with Crippen molar-refractivity contribution in [2.75, 3.05) is 0 Å². The molecular weight excluding hydrogens is 792 g/mol. The summed E-state index contributed by atoms with van der Waals surface area (Å²) < 4.78 is 0. The van der Waals surface area contributed by atoms with Crippen molar-refractivity contribution in [1.82, 2.24) is 0 Å². The second kappa shape index (κ2) is 26.4. The monoisotopic (exact) mass is 823 g/mol. The normalized spacial score (nSPS) is 9.26. The van der Waals surface area contributed by atoms with Gasteiger partial charge in [-0.05, 0) is 72.8 Å². The van der Waals surface area contributed by atoms with Gasteiger partial charge in [0.1, 0.15) is 0 Å². The van der Waals surface area contributed by atoms with Crippen molar-refractivity contribution in [3.63, 3.8) is 0 Å². The molecule has 15 heteroatoms. The third-order valence-corrected chi connectivity index (χ3v) is 6.52. The molecule has 0 aromatic heterocycles. The maximum absolute atomic E-state index is 11.4. The first-order valence-electron chi connectivity index (χ1n) is 16.1. The van der Waals surface area contributed by atoms with Crippen LogP contribution < -0.4 is 0 Å². The maximum Gasteiger partial charge on any atom is 0.377 e. The molecule has 6 rings (SSSR count). The number of carboxylic acid groups (broad SMARTS) is 2. The summed E-state index contributed by atoms with van der Waals surface area (Å²) in [6.07, 6.45) is 0. The zero-order valence-electron chi connectivity index (χ0n) is 29.4. The fraction of sp³-hybridized carbons (Fsp3) is 0. The molecule has 0 saturated heterocycles. The summed E-state index contributed by atoms with van der Waals surface area (Å²) in [6, 6.07) is 49.4. The van der Waals surface area contributed by atoms with Crippen LogP contribution in [-0.4, -0.2) is 46.0 Å². The first-order chi connectivity index (χ1) is 27.2. The van der Waals surface area contributed by atoms with E-state index in [1.807, 2.05) is 0 Å². The Morgan fingerprint density at radius 3 is 0.579 bits per heavy atom. The van der Waals surface area contributed by atoms with Crippen molar-refractivity contribution in [2.45, 2.75) is 0 Å². The van der Waals surface area contributed by atoms with Crippen LogP contribution in [0.2, 0.25) is 0 Å². The molecule has 295 valence electrons. The van der Waals surface area contributed by atoms with E-state index in [0.29, 0.717) is 33.4 Å². The molecule has 0 aliphatic rings. The van der Waals surface area contributed by atoms with Gasteiger partial charge in [-0.1, -0.05) is 109 Å². The summed E-state index contributed by atoms with van der Waals surface area (Å²) in [4.78, 5) is 83.5. The minimum atomic E-state index is -0.879. The Labute approximate surface area is 335 Å². The Bertz CT molecular complexity index is 1850. The van der Waals surface area contributed by atoms with Crippen LogP contribution in [0.15, 0.2) is 182 Å². The van der Waals surface area contributed by atoms with E-state index in [9.17, 15) is 28.8 Å². The van der Waals surface area contributed by atoms with Gasteiger partial charge in [0.15, 0.2) is 0 Å². The minimum absolute atomic E-state index is 0. The molecule has 1 radical (unpaired) electrons. The molecule has 0 spiro atoms. The molecule has 0 amide bonds. The largest absolute Gasteiger partial charge is 0.478 e. The van der Waals surface area contributed by atoms with E-state index in [2.05, 4.69) is 29.6 Å². The average molecular weight is 824 g/mol. The first kappa shape index (κ1) is 45.7. The van der Waals surface area contributed by atoms with Crippen molar-refractivity contribution in [3.8, 4) is 0 Å². The summed E-state index contributed by atoms with van der Waals surface area (Å²) >= 11 is 0. The molecule has 0 aliphatic heterocycles. The first-order valence-corrected chi connectivity index (χ1v) is 16.1. The average Bonchev–Trinajstić information content (AvgIpc) is 3.26. The van der Waals surface area contributed by atoms with Crippen molar-refractivity contribution in [3.05, 3.63) is 215 Å². The van der Waals surface area contributed by atoms with Crippen LogP contribution in [-0.2, 0) is 46.7 Å². The molecule has 0 fully saturated rings. The summed E-state index contributed by atoms with van der Waals surface area (Å²) in [7, 11) is 0. The molecule has 0 bridgehead atoms. The molecule has 6 aromatic rings. The minimum Gasteiger partial charge on any atom is -0.478 e. The predicted molar refractivity (Wildman–Crippen MR) is 196 cm³/mol. The van der Waals surface area contributed by atoms with Gasteiger partial charge in [0.2, 0.25) is 0 Å². The topological polar surface area (TPSA) is 198 Å². The third kappa shape index (κ3) is 18.0. The second-order valence-electron chi connectivity index (χ2n) is 10.4. The molecule has 0 saturated carbocycles. The molecule has 0 heterocycles. The van der Waals surface area contributed by atoms with Gasteiger partial charge in [0.05, 0.1) is 33.4 Å². The third-order valence-electron chi connectivity index (χ3n) is 6.52. The molecule has 14 nitrogen and oxygen atoms in total. The van der Waals surface area contributed by atoms with Gasteiger partial charge in [-0.2, -0.15) is 0 Å². The van der Waals surface area contributed by atoms with E-state index in [1.165, 1.54) is 0 Å². The Morgan fingerprint density at radius 1 is 0.281 bits per heavy atom. The number of carboxylic acids is 2. The quantitative estimate of drug-likeness (QED) is 0.0769. The van der Waals surface area contributed by atoms with Gasteiger partial charge in [-0.3, -0.25) is 19.6 Å². The van der Waals surface area contributed by atoms with Crippen molar-refractivity contribution in [2.24, 2.45) is 0 Å². The van der Waals surface area contributed by atoms with E-state index in [0.717, 1.165) is 0 Å². The number of hydrogen-bond acceptors (Lipinski definition) is 12. The molecule has 0 atom stereocenters. The molecule has 2 N–H and O–H groups in total. The SMILES string of the molecule is O=C(O)c1ccccc1.O=C(O)c1ccccc1.O=C(OOOC(=O)c1ccccc1)c1ccccc1.O=C(OOOC(=O)c1ccccc1)c1ccccc1.[Cu]. The van der Waals surface area contributed by atoms with Crippen molar-refractivity contribution >= 4 is 35.8 Å². The van der Waals surface area contributed by atoms with Gasteiger partial charge in [0.25, 0.3) is 0 Å². The van der Waals surface area contributed by atoms with Crippen LogP contribution >= 0.6 is 0 Å². The fourth-order valence-electron chi connectivity index (χ4n) is 3.81. The standard InChI is InChI=1S/2C14H10O5.2C7H6O2.Cu/c2*15-13(11-7-3-1-4-8-11)17-19-18-14(16)12-9-5-2-6-10-12;2*8-7(9)6-4-2-1-3-5-6;/h2*1-10H;2*1-5H,(H,8,9);. The van der Waals surface area contributed by atoms with E-state index in [-0.39, 0.29) is 17.1 Å². The van der Waals surface area contributed by atoms with Gasteiger partial charge in [0, 0.05) is 27.1 Å². The molecule has 0 unspecified atom stereocenters. The zero-order chi connectivity index (χ0) is 40.4. The number of carbonyl (C=O) groups is 6. The number of rotatable bonds is 10. The van der Waals surface area contributed by atoms with Crippen molar-refractivity contribution in [1.29, 1.82) is 0 Å². The van der Waals surface area contributed by atoms with Crippen LogP contribution in [0.4, 0.5) is 0 Å². The van der Waals surface area contributed by atoms with E-state index in [4.69, 9.17) is 10.2 Å². The summed E-state index contributed by atoms with van der Waals surface area (Å²) in [5, 5.41) is 25.1. The predicted octanol–water partition coefficient (Wildman–Crippen LogP) is 7.86. The van der Waals surface area contributed by atoms with Gasteiger partial charge in [-0.15, -0.1) is 0 Å². The van der Waals surface area contributed by atoms with E-state index < -0.39 is 35.8 Å². The van der Waals surface area contributed by atoms with Crippen LogP contribution in [0.25, 0.3) is 0 Å². The number of carbonyl (C=O) groups excluding carboxylic acids is 4. The molecule has 57 heavy (non-hydrogen) atoms. The Balaban J connectivity index is 0.000000276. The van der Waals surface area contributed by atoms with Gasteiger partial charge < -0.3 is 10.2 Å². The Morgan fingerprint density at radius 2 is 0.439 bits per heavy atom. The fourth-order valence-corrected chi connectivity index (χ4v) is 3.81.